The molecule has 0 aromatic carbocycles. The van der Waals surface area contributed by atoms with Gasteiger partial charge in [-0.25, -0.2) is 0 Å². The van der Waals surface area contributed by atoms with Gasteiger partial charge in [-0.15, -0.1) is 0 Å². The molecule has 0 fully saturated rings. The average Bonchev–Trinajstić information content (AvgIpc) is 2.66. The van der Waals surface area contributed by atoms with Crippen LogP contribution in [0.2, 0.25) is 0 Å². The molecule has 0 spiro atoms. The van der Waals surface area contributed by atoms with Gasteiger partial charge in [0.25, 0.3) is 0 Å². The molecule has 0 aromatic rings. The molecule has 9 nitrogen and oxygen atoms in total. The monoisotopic (exact) mass is 461 g/mol. The molecule has 0 heterocycles. The number of unbranched alkanes of at least 4 members (excludes halogenated alkanes) is 2. The van der Waals surface area contributed by atoms with Gasteiger partial charge in [-0.1, -0.05) is 5.23 Å². The lowest BCUT2D eigenvalue weighted by Crippen LogP contribution is -2.25. The summed E-state index contributed by atoms with van der Waals surface area (Å²) in [7, 11) is -5.97. The summed E-state index contributed by atoms with van der Waals surface area (Å²) in [5.41, 5.74) is 0. The van der Waals surface area contributed by atoms with Crippen LogP contribution in [0, 0.1) is 0 Å². The quantitative estimate of drug-likeness (QED) is 0.129. The molecule has 0 saturated carbocycles. The molecule has 0 radical (unpaired) electrons. The van der Waals surface area contributed by atoms with E-state index in [-0.39, 0.29) is 0 Å². The van der Waals surface area contributed by atoms with E-state index in [0.29, 0.717) is 71.4 Å². The van der Waals surface area contributed by atoms with Gasteiger partial charge in [0.2, 0.25) is 0 Å². The lowest BCUT2D eigenvalue weighted by Gasteiger charge is -2.20. The minimum absolute atomic E-state index is 0.371. The van der Waals surface area contributed by atoms with Crippen molar-refractivity contribution in [2.75, 3.05) is 58.5 Å². The summed E-state index contributed by atoms with van der Waals surface area (Å²) < 4.78 is 45.8. The highest BCUT2D eigenvalue weighted by molar-refractivity contribution is 7.54. The van der Waals surface area contributed by atoms with Crippen molar-refractivity contribution < 1.29 is 36.9 Å². The molecule has 11 heteroatoms. The minimum atomic E-state index is -2.98. The van der Waals surface area contributed by atoms with Gasteiger partial charge < -0.3 is 18.1 Å². The standard InChI is InChI=1S/C18H41NO8P2/c1-6-19(22-15-11-13-17-28(20,24-7-2)25-8-3)23-16-12-14-18-29(21,26-9-4)27-10-5/h6-18H2,1-5H3. The Kier molecular flexibility index (Phi) is 17.9. The van der Waals surface area contributed by atoms with E-state index in [9.17, 15) is 9.13 Å². The Morgan fingerprint density at radius 1 is 0.586 bits per heavy atom. The molecule has 0 atom stereocenters. The third kappa shape index (κ3) is 14.8. The van der Waals surface area contributed by atoms with E-state index in [4.69, 9.17) is 27.8 Å². The number of hydrogen-bond acceptors (Lipinski definition) is 9. The Morgan fingerprint density at radius 2 is 0.931 bits per heavy atom. The Balaban J connectivity index is 3.97. The Bertz CT molecular complexity index is 421. The first-order valence-corrected chi connectivity index (χ1v) is 14.1. The topological polar surface area (TPSA) is 92.8 Å². The second-order valence-corrected chi connectivity index (χ2v) is 10.4. The Hall–Kier alpha value is 0.180. The van der Waals surface area contributed by atoms with Gasteiger partial charge in [0.05, 0.1) is 52.0 Å². The molecular formula is C18H41NO8P2. The molecule has 0 amide bonds. The van der Waals surface area contributed by atoms with E-state index in [1.54, 1.807) is 27.7 Å². The van der Waals surface area contributed by atoms with Gasteiger partial charge >= 0.3 is 15.2 Å². The van der Waals surface area contributed by atoms with Crippen molar-refractivity contribution in [1.29, 1.82) is 0 Å². The van der Waals surface area contributed by atoms with Crippen LogP contribution in [-0.4, -0.2) is 63.7 Å². The summed E-state index contributed by atoms with van der Waals surface area (Å²) in [5.74, 6) is 0. The maximum Gasteiger partial charge on any atom is 0.330 e. The van der Waals surface area contributed by atoms with Crippen LogP contribution in [0.5, 0.6) is 0 Å². The molecule has 0 aliphatic carbocycles. The van der Waals surface area contributed by atoms with Gasteiger partial charge in [0, 0.05) is 6.54 Å². The van der Waals surface area contributed by atoms with Crippen molar-refractivity contribution >= 4 is 15.2 Å². The molecule has 0 bridgehead atoms. The van der Waals surface area contributed by atoms with Crippen LogP contribution in [0.15, 0.2) is 0 Å². The zero-order valence-electron chi connectivity index (χ0n) is 18.8. The molecule has 0 aliphatic rings. The van der Waals surface area contributed by atoms with E-state index in [1.165, 1.54) is 5.23 Å². The lowest BCUT2D eigenvalue weighted by molar-refractivity contribution is -0.366. The van der Waals surface area contributed by atoms with Crippen LogP contribution < -0.4 is 0 Å². The largest absolute Gasteiger partial charge is 0.330 e. The third-order valence-corrected chi connectivity index (χ3v) is 8.02. The molecule has 29 heavy (non-hydrogen) atoms. The van der Waals surface area contributed by atoms with E-state index < -0.39 is 15.2 Å². The first-order valence-electron chi connectivity index (χ1n) is 10.7. The van der Waals surface area contributed by atoms with Crippen molar-refractivity contribution in [3.05, 3.63) is 0 Å². The normalized spacial score (nSPS) is 12.8. The average molecular weight is 461 g/mol. The van der Waals surface area contributed by atoms with Gasteiger partial charge in [0.1, 0.15) is 0 Å². The van der Waals surface area contributed by atoms with Crippen molar-refractivity contribution in [1.82, 2.24) is 5.23 Å². The Morgan fingerprint density at radius 3 is 1.21 bits per heavy atom. The maximum atomic E-state index is 12.4. The summed E-state index contributed by atoms with van der Waals surface area (Å²) in [6.07, 6.45) is 3.55. The van der Waals surface area contributed by atoms with Gasteiger partial charge in [-0.2, -0.15) is 0 Å². The van der Waals surface area contributed by atoms with Crippen molar-refractivity contribution in [2.24, 2.45) is 0 Å². The van der Waals surface area contributed by atoms with Crippen molar-refractivity contribution in [3.63, 3.8) is 0 Å². The van der Waals surface area contributed by atoms with Crippen LogP contribution in [0.3, 0.4) is 0 Å². The summed E-state index contributed by atoms with van der Waals surface area (Å²) in [5, 5.41) is 1.44. The maximum absolute atomic E-state index is 12.4. The van der Waals surface area contributed by atoms with Crippen molar-refractivity contribution in [2.45, 2.75) is 60.3 Å². The summed E-state index contributed by atoms with van der Waals surface area (Å²) in [6.45, 7) is 12.1. The van der Waals surface area contributed by atoms with Gasteiger partial charge in [-0.05, 0) is 60.3 Å². The second kappa shape index (κ2) is 17.8. The van der Waals surface area contributed by atoms with Crippen molar-refractivity contribution in [3.8, 4) is 0 Å². The highest BCUT2D eigenvalue weighted by Gasteiger charge is 2.23. The fraction of sp³-hybridized carbons (Fsp3) is 1.00. The Labute approximate surface area is 176 Å². The number of nitrogens with zero attached hydrogens (tertiary/aromatic N) is 1. The first-order chi connectivity index (χ1) is 13.9. The SMILES string of the molecule is CCOP(=O)(CCCCON(CC)OCCCCP(=O)(OCC)OCC)OCC. The number of hydroxylamine groups is 2. The summed E-state index contributed by atoms with van der Waals surface area (Å²) in [4.78, 5) is 11.2. The lowest BCUT2D eigenvalue weighted by atomic mass is 10.4. The van der Waals surface area contributed by atoms with Crippen LogP contribution >= 0.6 is 15.2 Å². The summed E-state index contributed by atoms with van der Waals surface area (Å²) in [6, 6.07) is 0. The van der Waals surface area contributed by atoms with Crippen LogP contribution in [-0.2, 0) is 36.9 Å². The smallest absolute Gasteiger partial charge is 0.309 e. The molecule has 0 unspecified atom stereocenters. The van der Waals surface area contributed by atoms with E-state index in [2.05, 4.69) is 0 Å². The molecule has 0 saturated heterocycles. The highest BCUT2D eigenvalue weighted by atomic mass is 31.2. The molecule has 0 rings (SSSR count). The van der Waals surface area contributed by atoms with E-state index >= 15 is 0 Å². The van der Waals surface area contributed by atoms with Crippen LogP contribution in [0.4, 0.5) is 0 Å². The molecular weight excluding hydrogens is 420 g/mol. The van der Waals surface area contributed by atoms with Gasteiger partial charge in [-0.3, -0.25) is 18.8 Å². The predicted molar refractivity (Wildman–Crippen MR) is 114 cm³/mol. The van der Waals surface area contributed by atoms with Gasteiger partial charge in [0.15, 0.2) is 0 Å². The molecule has 0 aromatic heterocycles. The van der Waals surface area contributed by atoms with Crippen LogP contribution in [0.1, 0.15) is 60.3 Å². The second-order valence-electron chi connectivity index (χ2n) is 6.07. The zero-order valence-corrected chi connectivity index (χ0v) is 20.6. The third-order valence-electron chi connectivity index (χ3n) is 3.68. The molecule has 176 valence electrons. The fourth-order valence-electron chi connectivity index (χ4n) is 2.49. The molecule has 0 aliphatic heterocycles. The minimum Gasteiger partial charge on any atom is -0.309 e. The van der Waals surface area contributed by atoms with E-state index in [0.717, 1.165) is 12.8 Å². The number of hydrogen-bond donors (Lipinski definition) is 0. The fourth-order valence-corrected chi connectivity index (χ4v) is 5.95. The molecule has 0 N–H and O–H groups in total. The van der Waals surface area contributed by atoms with Crippen LogP contribution in [0.25, 0.3) is 0 Å². The zero-order chi connectivity index (χ0) is 22.0. The first kappa shape index (κ1) is 29.2. The highest BCUT2D eigenvalue weighted by Crippen LogP contribution is 2.49. The number of rotatable bonds is 21. The predicted octanol–water partition coefficient (Wildman–Crippen LogP) is 5.26. The van der Waals surface area contributed by atoms with E-state index in [1.807, 2.05) is 6.92 Å². The summed E-state index contributed by atoms with van der Waals surface area (Å²) >= 11 is 0.